The Kier molecular flexibility index (Phi) is 6.87. The molecule has 1 heterocycles. The summed E-state index contributed by atoms with van der Waals surface area (Å²) in [6, 6.07) is 20.4. The number of H-pyrrole nitrogens is 1. The third-order valence-corrected chi connectivity index (χ3v) is 5.85. The molecule has 1 aromatic heterocycles. The van der Waals surface area contributed by atoms with Crippen molar-refractivity contribution in [1.82, 2.24) is 10.3 Å². The van der Waals surface area contributed by atoms with E-state index in [0.717, 1.165) is 46.0 Å². The van der Waals surface area contributed by atoms with Crippen molar-refractivity contribution >= 4 is 16.8 Å². The molecule has 4 rings (SSSR count). The zero-order chi connectivity index (χ0) is 23.4. The molecule has 0 spiro atoms. The van der Waals surface area contributed by atoms with E-state index < -0.39 is 0 Å². The van der Waals surface area contributed by atoms with Crippen LogP contribution in [0.15, 0.2) is 66.7 Å². The maximum absolute atomic E-state index is 13.6. The van der Waals surface area contributed by atoms with Crippen molar-refractivity contribution in [3.8, 4) is 22.3 Å². The van der Waals surface area contributed by atoms with E-state index in [0.29, 0.717) is 18.8 Å². The van der Waals surface area contributed by atoms with Gasteiger partial charge in [-0.15, -0.1) is 0 Å². The topological polar surface area (TPSA) is 96.9 Å². The number of aryl methyl sites for hydroxylation is 1. The second kappa shape index (κ2) is 9.98. The van der Waals surface area contributed by atoms with Crippen LogP contribution in [-0.2, 0) is 0 Å². The molecule has 0 unspecified atom stereocenters. The van der Waals surface area contributed by atoms with Gasteiger partial charge >= 0.3 is 0 Å². The molecule has 1 amide bonds. The number of carbonyl (C=O) groups is 1. The summed E-state index contributed by atoms with van der Waals surface area (Å²) in [5.41, 5.74) is 17.7. The molecule has 6 heteroatoms. The highest BCUT2D eigenvalue weighted by atomic mass is 19.1. The lowest BCUT2D eigenvalue weighted by atomic mass is 9.97. The number of nitrogens with one attached hydrogen (secondary N) is 2. The first-order valence-electron chi connectivity index (χ1n) is 11.2. The molecule has 0 radical (unpaired) electrons. The van der Waals surface area contributed by atoms with Crippen molar-refractivity contribution < 1.29 is 9.18 Å². The van der Waals surface area contributed by atoms with Crippen LogP contribution < -0.4 is 16.8 Å². The number of amides is 1. The quantitative estimate of drug-likeness (QED) is 0.316. The van der Waals surface area contributed by atoms with Crippen LogP contribution >= 0.6 is 0 Å². The fourth-order valence-electron chi connectivity index (χ4n) is 4.00. The summed E-state index contributed by atoms with van der Waals surface area (Å²) >= 11 is 0. The molecule has 170 valence electrons. The van der Waals surface area contributed by atoms with Crippen LogP contribution in [0.4, 0.5) is 4.39 Å². The first-order chi connectivity index (χ1) is 16.0. The molecule has 4 aromatic rings. The maximum Gasteiger partial charge on any atom is 0.268 e. The Morgan fingerprint density at radius 3 is 2.36 bits per heavy atom. The van der Waals surface area contributed by atoms with E-state index in [2.05, 4.69) is 47.6 Å². The fraction of sp³-hybridized carbons (Fsp3) is 0.222. The SMILES string of the molecule is Cc1ccc(-c2ccc3[nH]c(C(=O)NC[C@@H](N)CCCN)c(-c4ccc(F)cc4)c3c2)cc1. The summed E-state index contributed by atoms with van der Waals surface area (Å²) in [5, 5.41) is 3.83. The van der Waals surface area contributed by atoms with Gasteiger partial charge < -0.3 is 21.8 Å². The molecule has 0 aliphatic rings. The van der Waals surface area contributed by atoms with Crippen molar-refractivity contribution in [2.45, 2.75) is 25.8 Å². The largest absolute Gasteiger partial charge is 0.350 e. The first kappa shape index (κ1) is 22.7. The number of carbonyl (C=O) groups excluding carboxylic acids is 1. The van der Waals surface area contributed by atoms with E-state index in [1.165, 1.54) is 17.7 Å². The van der Waals surface area contributed by atoms with Gasteiger partial charge in [-0.05, 0) is 67.3 Å². The van der Waals surface area contributed by atoms with E-state index in [-0.39, 0.29) is 17.8 Å². The average Bonchev–Trinajstić information content (AvgIpc) is 3.21. The smallest absolute Gasteiger partial charge is 0.268 e. The highest BCUT2D eigenvalue weighted by Crippen LogP contribution is 2.35. The van der Waals surface area contributed by atoms with E-state index >= 15 is 0 Å². The third-order valence-electron chi connectivity index (χ3n) is 5.85. The molecule has 5 nitrogen and oxygen atoms in total. The molecular formula is C27H29FN4O. The van der Waals surface area contributed by atoms with Gasteiger partial charge in [-0.2, -0.15) is 0 Å². The molecule has 6 N–H and O–H groups in total. The van der Waals surface area contributed by atoms with Crippen LogP contribution in [0.1, 0.15) is 28.9 Å². The Hall–Kier alpha value is -3.48. The Labute approximate surface area is 193 Å². The first-order valence-corrected chi connectivity index (χ1v) is 11.2. The number of rotatable bonds is 8. The molecule has 0 aliphatic carbocycles. The molecule has 33 heavy (non-hydrogen) atoms. The van der Waals surface area contributed by atoms with Gasteiger partial charge in [0.25, 0.3) is 5.91 Å². The summed E-state index contributed by atoms with van der Waals surface area (Å²) in [7, 11) is 0. The number of aromatic nitrogens is 1. The monoisotopic (exact) mass is 444 g/mol. The summed E-state index contributed by atoms with van der Waals surface area (Å²) in [4.78, 5) is 16.4. The highest BCUT2D eigenvalue weighted by molar-refractivity contribution is 6.10. The van der Waals surface area contributed by atoms with Gasteiger partial charge in [-0.3, -0.25) is 4.79 Å². The van der Waals surface area contributed by atoms with Gasteiger partial charge in [0, 0.05) is 29.1 Å². The van der Waals surface area contributed by atoms with Gasteiger partial charge in [-0.1, -0.05) is 48.0 Å². The van der Waals surface area contributed by atoms with Gasteiger partial charge in [0.2, 0.25) is 0 Å². The molecule has 1 atom stereocenters. The third kappa shape index (κ3) is 5.13. The Bertz CT molecular complexity index is 1250. The molecule has 0 saturated heterocycles. The van der Waals surface area contributed by atoms with Gasteiger partial charge in [0.1, 0.15) is 11.5 Å². The fourth-order valence-corrected chi connectivity index (χ4v) is 4.00. The molecule has 0 aliphatic heterocycles. The van der Waals surface area contributed by atoms with E-state index in [1.807, 2.05) is 12.1 Å². The van der Waals surface area contributed by atoms with Crippen LogP contribution in [0, 0.1) is 12.7 Å². The lowest BCUT2D eigenvalue weighted by molar-refractivity contribution is 0.0947. The predicted molar refractivity (Wildman–Crippen MR) is 132 cm³/mol. The lowest BCUT2D eigenvalue weighted by Gasteiger charge is -2.12. The summed E-state index contributed by atoms with van der Waals surface area (Å²) in [6.45, 7) is 2.98. The Balaban J connectivity index is 1.75. The lowest BCUT2D eigenvalue weighted by Crippen LogP contribution is -2.37. The summed E-state index contributed by atoms with van der Waals surface area (Å²) in [6.07, 6.45) is 1.56. The number of benzene rings is 3. The standard InChI is InChI=1S/C27H29FN4O/c1-17-4-6-18(7-5-17)20-10-13-24-23(15-20)25(19-8-11-21(28)12-9-19)26(32-24)27(33)31-16-22(30)3-2-14-29/h4-13,15,22,32H,2-3,14,16,29-30H2,1H3,(H,31,33)/t22-/m0/s1. The number of nitrogens with two attached hydrogens (primary N) is 2. The van der Waals surface area contributed by atoms with Gasteiger partial charge in [-0.25, -0.2) is 4.39 Å². The number of fused-ring (bicyclic) bond motifs is 1. The maximum atomic E-state index is 13.6. The van der Waals surface area contributed by atoms with Gasteiger partial charge in [0.15, 0.2) is 0 Å². The average molecular weight is 445 g/mol. The number of halogens is 1. The zero-order valence-corrected chi connectivity index (χ0v) is 18.7. The van der Waals surface area contributed by atoms with Crippen LogP contribution in [0.5, 0.6) is 0 Å². The minimum absolute atomic E-state index is 0.163. The number of hydrogen-bond donors (Lipinski definition) is 4. The van der Waals surface area contributed by atoms with Crippen molar-refractivity contribution in [3.63, 3.8) is 0 Å². The van der Waals surface area contributed by atoms with Crippen LogP contribution in [0.25, 0.3) is 33.2 Å². The Morgan fingerprint density at radius 2 is 1.67 bits per heavy atom. The zero-order valence-electron chi connectivity index (χ0n) is 18.7. The van der Waals surface area contributed by atoms with Crippen LogP contribution in [0.3, 0.4) is 0 Å². The number of hydrogen-bond acceptors (Lipinski definition) is 3. The van der Waals surface area contributed by atoms with E-state index in [4.69, 9.17) is 11.5 Å². The highest BCUT2D eigenvalue weighted by Gasteiger charge is 2.20. The number of aromatic amines is 1. The normalized spacial score (nSPS) is 12.1. The summed E-state index contributed by atoms with van der Waals surface area (Å²) < 4.78 is 13.6. The molecule has 3 aromatic carbocycles. The van der Waals surface area contributed by atoms with E-state index in [1.54, 1.807) is 12.1 Å². The minimum Gasteiger partial charge on any atom is -0.350 e. The Morgan fingerprint density at radius 1 is 1.00 bits per heavy atom. The predicted octanol–water partition coefficient (Wildman–Crippen LogP) is 4.75. The van der Waals surface area contributed by atoms with Crippen molar-refractivity contribution in [2.24, 2.45) is 11.5 Å². The van der Waals surface area contributed by atoms with Crippen LogP contribution in [0.2, 0.25) is 0 Å². The molecule has 0 bridgehead atoms. The molecule has 0 fully saturated rings. The van der Waals surface area contributed by atoms with E-state index in [9.17, 15) is 9.18 Å². The van der Waals surface area contributed by atoms with Crippen molar-refractivity contribution in [2.75, 3.05) is 13.1 Å². The van der Waals surface area contributed by atoms with Crippen LogP contribution in [-0.4, -0.2) is 30.0 Å². The summed E-state index contributed by atoms with van der Waals surface area (Å²) in [5.74, 6) is -0.568. The van der Waals surface area contributed by atoms with Gasteiger partial charge in [0.05, 0.1) is 0 Å². The molecular weight excluding hydrogens is 415 g/mol. The van der Waals surface area contributed by atoms with Crippen molar-refractivity contribution in [1.29, 1.82) is 0 Å². The second-order valence-corrected chi connectivity index (χ2v) is 8.41. The van der Waals surface area contributed by atoms with Crippen molar-refractivity contribution in [3.05, 3.63) is 83.8 Å². The second-order valence-electron chi connectivity index (χ2n) is 8.41. The molecule has 0 saturated carbocycles. The minimum atomic E-state index is -0.323.